The van der Waals surface area contributed by atoms with Crippen molar-refractivity contribution in [3.63, 3.8) is 0 Å². The standard InChI is InChI=1S/C13H19NO3/c1-10(16)7-14(2)8-12-6-11(9-15)4-5-13(12)17-3/h4-6,9-10,16H,7-8H2,1-3H3. The maximum absolute atomic E-state index is 10.7. The molecule has 1 rings (SSSR count). The van der Waals surface area contributed by atoms with Gasteiger partial charge in [0.2, 0.25) is 0 Å². The summed E-state index contributed by atoms with van der Waals surface area (Å²) in [7, 11) is 3.52. The zero-order chi connectivity index (χ0) is 12.8. The number of likely N-dealkylation sites (N-methyl/N-ethyl adjacent to an activating group) is 1. The van der Waals surface area contributed by atoms with E-state index in [1.54, 1.807) is 26.2 Å². The summed E-state index contributed by atoms with van der Waals surface area (Å²) < 4.78 is 5.25. The molecule has 0 fully saturated rings. The SMILES string of the molecule is COc1ccc(C=O)cc1CN(C)CC(C)O. The van der Waals surface area contributed by atoms with Crippen molar-refractivity contribution in [3.8, 4) is 5.75 Å². The fourth-order valence-electron chi connectivity index (χ4n) is 1.80. The summed E-state index contributed by atoms with van der Waals surface area (Å²) in [6.45, 7) is 2.96. The summed E-state index contributed by atoms with van der Waals surface area (Å²) >= 11 is 0. The Morgan fingerprint density at radius 2 is 2.24 bits per heavy atom. The third kappa shape index (κ3) is 4.17. The zero-order valence-corrected chi connectivity index (χ0v) is 10.5. The van der Waals surface area contributed by atoms with Gasteiger partial charge in [-0.1, -0.05) is 0 Å². The van der Waals surface area contributed by atoms with Gasteiger partial charge in [0, 0.05) is 24.2 Å². The van der Waals surface area contributed by atoms with E-state index >= 15 is 0 Å². The number of hydrogen-bond donors (Lipinski definition) is 1. The third-order valence-corrected chi connectivity index (χ3v) is 2.46. The van der Waals surface area contributed by atoms with Crippen LogP contribution in [0.4, 0.5) is 0 Å². The second kappa shape index (κ2) is 6.37. The van der Waals surface area contributed by atoms with Crippen LogP contribution in [-0.4, -0.2) is 43.1 Å². The number of methoxy groups -OCH3 is 1. The van der Waals surface area contributed by atoms with Crippen LogP contribution in [0.3, 0.4) is 0 Å². The van der Waals surface area contributed by atoms with Crippen molar-refractivity contribution in [3.05, 3.63) is 29.3 Å². The number of rotatable bonds is 6. The molecular formula is C13H19NO3. The molecule has 1 atom stereocenters. The Morgan fingerprint density at radius 1 is 1.53 bits per heavy atom. The number of aliphatic hydroxyl groups excluding tert-OH is 1. The van der Waals surface area contributed by atoms with E-state index in [9.17, 15) is 9.90 Å². The van der Waals surface area contributed by atoms with E-state index in [-0.39, 0.29) is 6.10 Å². The summed E-state index contributed by atoms with van der Waals surface area (Å²) in [6, 6.07) is 5.32. The molecule has 94 valence electrons. The minimum atomic E-state index is -0.375. The van der Waals surface area contributed by atoms with Crippen molar-refractivity contribution in [2.45, 2.75) is 19.6 Å². The van der Waals surface area contributed by atoms with Crippen molar-refractivity contribution >= 4 is 6.29 Å². The van der Waals surface area contributed by atoms with E-state index in [1.807, 2.05) is 18.0 Å². The van der Waals surface area contributed by atoms with Gasteiger partial charge in [0.25, 0.3) is 0 Å². The van der Waals surface area contributed by atoms with Crippen LogP contribution in [0.25, 0.3) is 0 Å². The Balaban J connectivity index is 2.83. The fourth-order valence-corrected chi connectivity index (χ4v) is 1.80. The average Bonchev–Trinajstić information content (AvgIpc) is 2.27. The van der Waals surface area contributed by atoms with Crippen LogP contribution in [0, 0.1) is 0 Å². The van der Waals surface area contributed by atoms with Crippen LogP contribution in [0.15, 0.2) is 18.2 Å². The van der Waals surface area contributed by atoms with Crippen LogP contribution >= 0.6 is 0 Å². The van der Waals surface area contributed by atoms with E-state index < -0.39 is 0 Å². The minimum absolute atomic E-state index is 0.375. The smallest absolute Gasteiger partial charge is 0.150 e. The molecule has 0 aliphatic heterocycles. The highest BCUT2D eigenvalue weighted by Gasteiger charge is 2.09. The fraction of sp³-hybridized carbons (Fsp3) is 0.462. The molecule has 4 nitrogen and oxygen atoms in total. The van der Waals surface area contributed by atoms with Gasteiger partial charge < -0.3 is 9.84 Å². The van der Waals surface area contributed by atoms with Gasteiger partial charge in [-0.15, -0.1) is 0 Å². The minimum Gasteiger partial charge on any atom is -0.496 e. The highest BCUT2D eigenvalue weighted by Crippen LogP contribution is 2.20. The molecule has 0 saturated heterocycles. The maximum Gasteiger partial charge on any atom is 0.150 e. The number of nitrogens with zero attached hydrogens (tertiary/aromatic N) is 1. The van der Waals surface area contributed by atoms with Gasteiger partial charge in [0.15, 0.2) is 0 Å². The Morgan fingerprint density at radius 3 is 2.76 bits per heavy atom. The van der Waals surface area contributed by atoms with Gasteiger partial charge in [-0.3, -0.25) is 9.69 Å². The van der Waals surface area contributed by atoms with Crippen LogP contribution in [-0.2, 0) is 6.54 Å². The first kappa shape index (κ1) is 13.7. The third-order valence-electron chi connectivity index (χ3n) is 2.46. The average molecular weight is 237 g/mol. The Kier molecular flexibility index (Phi) is 5.12. The topological polar surface area (TPSA) is 49.8 Å². The molecule has 17 heavy (non-hydrogen) atoms. The van der Waals surface area contributed by atoms with E-state index in [0.717, 1.165) is 17.6 Å². The van der Waals surface area contributed by atoms with Gasteiger partial charge in [-0.25, -0.2) is 0 Å². The molecule has 1 unspecified atom stereocenters. The first-order chi connectivity index (χ1) is 8.06. The van der Waals surface area contributed by atoms with Crippen LogP contribution in [0.1, 0.15) is 22.8 Å². The Labute approximate surface area is 102 Å². The number of hydrogen-bond acceptors (Lipinski definition) is 4. The van der Waals surface area contributed by atoms with Crippen LogP contribution in [0.2, 0.25) is 0 Å². The summed E-state index contributed by atoms with van der Waals surface area (Å²) in [5, 5.41) is 9.30. The van der Waals surface area contributed by atoms with Gasteiger partial charge in [-0.05, 0) is 32.2 Å². The van der Waals surface area contributed by atoms with E-state index in [4.69, 9.17) is 4.74 Å². The highest BCUT2D eigenvalue weighted by atomic mass is 16.5. The van der Waals surface area contributed by atoms with Gasteiger partial charge in [-0.2, -0.15) is 0 Å². The first-order valence-electron chi connectivity index (χ1n) is 5.55. The molecule has 1 aromatic rings. The quantitative estimate of drug-likeness (QED) is 0.758. The molecule has 0 heterocycles. The molecule has 1 N–H and O–H groups in total. The molecule has 0 bridgehead atoms. The number of aldehydes is 1. The molecule has 0 aromatic heterocycles. The molecule has 0 amide bonds. The van der Waals surface area contributed by atoms with E-state index in [1.165, 1.54) is 0 Å². The molecular weight excluding hydrogens is 218 g/mol. The summed E-state index contributed by atoms with van der Waals surface area (Å²) in [5.41, 5.74) is 1.58. The number of ether oxygens (including phenoxy) is 1. The maximum atomic E-state index is 10.7. The van der Waals surface area contributed by atoms with Gasteiger partial charge in [0.1, 0.15) is 12.0 Å². The zero-order valence-electron chi connectivity index (χ0n) is 10.5. The van der Waals surface area contributed by atoms with Gasteiger partial charge >= 0.3 is 0 Å². The summed E-state index contributed by atoms with van der Waals surface area (Å²) in [4.78, 5) is 12.7. The Hall–Kier alpha value is -1.39. The lowest BCUT2D eigenvalue weighted by molar-refractivity contribution is 0.112. The second-order valence-corrected chi connectivity index (χ2v) is 4.23. The molecule has 0 saturated carbocycles. The summed E-state index contributed by atoms with van der Waals surface area (Å²) in [5.74, 6) is 0.757. The number of carbonyl (C=O) groups excluding carboxylic acids is 1. The number of carbonyl (C=O) groups is 1. The largest absolute Gasteiger partial charge is 0.496 e. The van der Waals surface area contributed by atoms with Crippen molar-refractivity contribution in [2.75, 3.05) is 20.7 Å². The molecule has 0 radical (unpaired) electrons. The van der Waals surface area contributed by atoms with Crippen molar-refractivity contribution in [2.24, 2.45) is 0 Å². The summed E-state index contributed by atoms with van der Waals surface area (Å²) in [6.07, 6.45) is 0.442. The monoisotopic (exact) mass is 237 g/mol. The predicted octanol–water partition coefficient (Wildman–Crippen LogP) is 1.32. The first-order valence-corrected chi connectivity index (χ1v) is 5.55. The lowest BCUT2D eigenvalue weighted by atomic mass is 10.1. The van der Waals surface area contributed by atoms with Crippen LogP contribution in [0.5, 0.6) is 5.75 Å². The van der Waals surface area contributed by atoms with Crippen LogP contribution < -0.4 is 4.74 Å². The van der Waals surface area contributed by atoms with E-state index in [2.05, 4.69) is 0 Å². The Bertz CT molecular complexity index is 377. The molecule has 4 heteroatoms. The molecule has 1 aromatic carbocycles. The second-order valence-electron chi connectivity index (χ2n) is 4.23. The van der Waals surface area contributed by atoms with E-state index in [0.29, 0.717) is 18.7 Å². The van der Waals surface area contributed by atoms with Crippen molar-refractivity contribution < 1.29 is 14.6 Å². The van der Waals surface area contributed by atoms with Crippen molar-refractivity contribution in [1.82, 2.24) is 4.90 Å². The number of aliphatic hydroxyl groups is 1. The lowest BCUT2D eigenvalue weighted by Gasteiger charge is -2.19. The van der Waals surface area contributed by atoms with Gasteiger partial charge in [0.05, 0.1) is 13.2 Å². The molecule has 0 aliphatic carbocycles. The predicted molar refractivity (Wildman–Crippen MR) is 66.4 cm³/mol. The molecule has 0 aliphatic rings. The van der Waals surface area contributed by atoms with Crippen molar-refractivity contribution in [1.29, 1.82) is 0 Å². The lowest BCUT2D eigenvalue weighted by Crippen LogP contribution is -2.26. The number of benzene rings is 1. The normalized spacial score (nSPS) is 12.5. The molecule has 0 spiro atoms. The highest BCUT2D eigenvalue weighted by molar-refractivity contribution is 5.75.